The van der Waals surface area contributed by atoms with Crippen molar-refractivity contribution in [3.8, 4) is 0 Å². The van der Waals surface area contributed by atoms with E-state index in [4.69, 9.17) is 0 Å². The Labute approximate surface area is 181 Å². The van der Waals surface area contributed by atoms with Gasteiger partial charge in [0.1, 0.15) is 4.83 Å². The molecule has 2 aromatic heterocycles. The minimum absolute atomic E-state index is 0.0704. The molecule has 3 unspecified atom stereocenters. The molecule has 1 amide bonds. The van der Waals surface area contributed by atoms with Crippen LogP contribution in [0, 0.1) is 0 Å². The predicted molar refractivity (Wildman–Crippen MR) is 121 cm³/mol. The number of carbonyl (C=O) groups is 1. The van der Waals surface area contributed by atoms with Gasteiger partial charge in [0.05, 0.1) is 16.2 Å². The molecule has 3 atom stereocenters. The molecule has 2 aromatic rings. The van der Waals surface area contributed by atoms with Crippen molar-refractivity contribution in [3.05, 3.63) is 29.3 Å². The van der Waals surface area contributed by atoms with Gasteiger partial charge in [-0.2, -0.15) is 0 Å². The van der Waals surface area contributed by atoms with Crippen LogP contribution < -0.4 is 5.32 Å². The molecular weight excluding hydrogens is 400 g/mol. The Kier molecular flexibility index (Phi) is 5.35. The van der Waals surface area contributed by atoms with Crippen LogP contribution in [-0.4, -0.2) is 63.0 Å². The van der Waals surface area contributed by atoms with Crippen LogP contribution in [-0.2, 0) is 4.79 Å². The van der Waals surface area contributed by atoms with Crippen molar-refractivity contribution in [2.24, 2.45) is 0 Å². The lowest BCUT2D eigenvalue weighted by Gasteiger charge is -2.42. The number of thiophene rings is 1. The molecule has 1 saturated carbocycles. The lowest BCUT2D eigenvalue weighted by Crippen LogP contribution is -2.54. The Morgan fingerprint density at radius 3 is 2.79 bits per heavy atom. The van der Waals surface area contributed by atoms with Crippen LogP contribution in [0.2, 0.25) is 0 Å². The molecule has 7 heteroatoms. The maximum atomic E-state index is 13.9. The fraction of sp³-hybridized carbons (Fsp3) is 0.636. The minimum atomic E-state index is -0.176. The Hall–Kier alpha value is -1.15. The van der Waals surface area contributed by atoms with Crippen LogP contribution >= 0.6 is 23.1 Å². The number of piperazine rings is 1. The van der Waals surface area contributed by atoms with Crippen LogP contribution in [0.3, 0.4) is 0 Å². The summed E-state index contributed by atoms with van der Waals surface area (Å²) in [6, 6.07) is 4.54. The van der Waals surface area contributed by atoms with Crippen molar-refractivity contribution in [1.82, 2.24) is 20.1 Å². The van der Waals surface area contributed by atoms with Gasteiger partial charge in [0.2, 0.25) is 5.91 Å². The Bertz CT molecular complexity index is 888. The van der Waals surface area contributed by atoms with Crippen molar-refractivity contribution in [2.45, 2.75) is 61.7 Å². The molecule has 0 aromatic carbocycles. The van der Waals surface area contributed by atoms with Crippen LogP contribution in [0.1, 0.15) is 51.1 Å². The third-order valence-corrected chi connectivity index (χ3v) is 9.53. The van der Waals surface area contributed by atoms with E-state index >= 15 is 0 Å². The van der Waals surface area contributed by atoms with Crippen molar-refractivity contribution in [3.63, 3.8) is 0 Å². The monoisotopic (exact) mass is 430 g/mol. The zero-order valence-corrected chi connectivity index (χ0v) is 18.9. The highest BCUT2D eigenvalue weighted by Gasteiger charge is 2.55. The van der Waals surface area contributed by atoms with Gasteiger partial charge in [-0.1, -0.05) is 18.9 Å². The second-order valence-corrected chi connectivity index (χ2v) is 11.2. The van der Waals surface area contributed by atoms with E-state index < -0.39 is 0 Å². The predicted octanol–water partition coefficient (Wildman–Crippen LogP) is 3.87. The highest BCUT2D eigenvalue weighted by atomic mass is 32.2. The molecule has 0 radical (unpaired) electrons. The molecule has 2 saturated heterocycles. The van der Waals surface area contributed by atoms with Crippen LogP contribution in [0.5, 0.6) is 0 Å². The standard InChI is InChI=1S/C22H30N4OS2/c1-15(25-12-10-23-11-13-25)19(18-14-28-20-17(18)6-5-9-24-20)26-16(2)29-22(21(26)27)7-3-4-8-22/h5-6,9,14-16,19,23H,3-4,7-8,10-13H2,1-2H3. The molecule has 29 heavy (non-hydrogen) atoms. The van der Waals surface area contributed by atoms with Gasteiger partial charge in [-0.15, -0.1) is 23.1 Å². The Morgan fingerprint density at radius 2 is 2.03 bits per heavy atom. The third kappa shape index (κ3) is 3.30. The summed E-state index contributed by atoms with van der Waals surface area (Å²) >= 11 is 3.62. The van der Waals surface area contributed by atoms with E-state index in [1.165, 1.54) is 23.8 Å². The third-order valence-electron chi connectivity index (χ3n) is 7.01. The number of amides is 1. The number of hydrogen-bond donors (Lipinski definition) is 1. The zero-order valence-electron chi connectivity index (χ0n) is 17.3. The molecule has 5 rings (SSSR count). The average Bonchev–Trinajstić information content (AvgIpc) is 3.44. The van der Waals surface area contributed by atoms with Crippen LogP contribution in [0.15, 0.2) is 23.7 Å². The summed E-state index contributed by atoms with van der Waals surface area (Å²) in [5.74, 6) is 0.378. The summed E-state index contributed by atoms with van der Waals surface area (Å²) in [5.41, 5.74) is 1.28. The van der Waals surface area contributed by atoms with Crippen molar-refractivity contribution >= 4 is 39.2 Å². The van der Waals surface area contributed by atoms with Gasteiger partial charge in [0.25, 0.3) is 0 Å². The van der Waals surface area contributed by atoms with Crippen molar-refractivity contribution in [2.75, 3.05) is 26.2 Å². The average molecular weight is 431 g/mol. The van der Waals surface area contributed by atoms with Gasteiger partial charge < -0.3 is 10.2 Å². The Balaban J connectivity index is 1.57. The molecule has 2 aliphatic heterocycles. The number of pyridine rings is 1. The summed E-state index contributed by atoms with van der Waals surface area (Å²) in [6.07, 6.45) is 6.31. The number of rotatable bonds is 4. The Morgan fingerprint density at radius 1 is 1.28 bits per heavy atom. The van der Waals surface area contributed by atoms with Gasteiger partial charge in [-0.05, 0) is 43.7 Å². The van der Waals surface area contributed by atoms with E-state index in [2.05, 4.69) is 45.4 Å². The number of nitrogens with zero attached hydrogens (tertiary/aromatic N) is 3. The normalized spacial score (nSPS) is 27.2. The summed E-state index contributed by atoms with van der Waals surface area (Å²) in [6.45, 7) is 8.66. The molecule has 1 N–H and O–H groups in total. The van der Waals surface area contributed by atoms with Crippen molar-refractivity contribution < 1.29 is 4.79 Å². The minimum Gasteiger partial charge on any atom is -0.321 e. The first kappa shape index (κ1) is 19.8. The lowest BCUT2D eigenvalue weighted by atomic mass is 9.94. The molecular formula is C22H30N4OS2. The summed E-state index contributed by atoms with van der Waals surface area (Å²) in [7, 11) is 0. The number of hydrogen-bond acceptors (Lipinski definition) is 6. The van der Waals surface area contributed by atoms with Gasteiger partial charge in [0, 0.05) is 43.8 Å². The van der Waals surface area contributed by atoms with Gasteiger partial charge in [0.15, 0.2) is 0 Å². The zero-order chi connectivity index (χ0) is 20.0. The van der Waals surface area contributed by atoms with E-state index in [0.717, 1.165) is 43.9 Å². The van der Waals surface area contributed by atoms with Crippen LogP contribution in [0.25, 0.3) is 10.2 Å². The topological polar surface area (TPSA) is 48.5 Å². The van der Waals surface area contributed by atoms with Gasteiger partial charge in [-0.3, -0.25) is 9.69 Å². The number of nitrogens with one attached hydrogen (secondary N) is 1. The first-order valence-electron chi connectivity index (χ1n) is 10.9. The number of thioether (sulfide) groups is 1. The maximum absolute atomic E-state index is 13.9. The second kappa shape index (κ2) is 7.84. The second-order valence-electron chi connectivity index (χ2n) is 8.65. The number of aromatic nitrogens is 1. The smallest absolute Gasteiger partial charge is 0.240 e. The molecule has 1 aliphatic carbocycles. The maximum Gasteiger partial charge on any atom is 0.240 e. The largest absolute Gasteiger partial charge is 0.321 e. The fourth-order valence-electron chi connectivity index (χ4n) is 5.51. The molecule has 5 nitrogen and oxygen atoms in total. The summed E-state index contributed by atoms with van der Waals surface area (Å²) in [5, 5.41) is 7.14. The molecule has 1 spiro atoms. The van der Waals surface area contributed by atoms with Gasteiger partial charge >= 0.3 is 0 Å². The van der Waals surface area contributed by atoms with E-state index in [1.807, 2.05) is 24.0 Å². The molecule has 3 fully saturated rings. The van der Waals surface area contributed by atoms with E-state index in [0.29, 0.717) is 5.91 Å². The molecule has 4 heterocycles. The van der Waals surface area contributed by atoms with E-state index in [-0.39, 0.29) is 22.2 Å². The molecule has 0 bridgehead atoms. The van der Waals surface area contributed by atoms with E-state index in [9.17, 15) is 4.79 Å². The first-order valence-corrected chi connectivity index (χ1v) is 12.6. The van der Waals surface area contributed by atoms with Gasteiger partial charge in [-0.25, -0.2) is 4.98 Å². The highest BCUT2D eigenvalue weighted by Crippen LogP contribution is 2.54. The quantitative estimate of drug-likeness (QED) is 0.798. The highest BCUT2D eigenvalue weighted by molar-refractivity contribution is 8.02. The van der Waals surface area contributed by atoms with E-state index in [1.54, 1.807) is 11.3 Å². The van der Waals surface area contributed by atoms with Crippen LogP contribution in [0.4, 0.5) is 0 Å². The van der Waals surface area contributed by atoms with Crippen molar-refractivity contribution in [1.29, 1.82) is 0 Å². The lowest BCUT2D eigenvalue weighted by molar-refractivity contribution is -0.136. The SMILES string of the molecule is CC(C(c1csc2ncccc12)N1C(=O)C2(CCCC2)SC1C)N1CCNCC1. The number of fused-ring (bicyclic) bond motifs is 1. The first-order chi connectivity index (χ1) is 14.1. The number of carbonyl (C=O) groups excluding carboxylic acids is 1. The molecule has 156 valence electrons. The molecule has 3 aliphatic rings. The summed E-state index contributed by atoms with van der Waals surface area (Å²) in [4.78, 5) is 24.3. The summed E-state index contributed by atoms with van der Waals surface area (Å²) < 4.78 is -0.176. The fourth-order valence-corrected chi connectivity index (χ4v) is 8.18.